The molecule has 0 aliphatic carbocycles. The summed E-state index contributed by atoms with van der Waals surface area (Å²) in [6.07, 6.45) is 0. The second kappa shape index (κ2) is 10.7. The Balaban J connectivity index is 0. The third kappa shape index (κ3) is 5.78. The molecule has 118 valence electrons. The average molecular weight is 376 g/mol. The van der Waals surface area contributed by atoms with E-state index in [2.05, 4.69) is 0 Å². The summed E-state index contributed by atoms with van der Waals surface area (Å²) in [7, 11) is 0. The monoisotopic (exact) mass is 376 g/mol. The summed E-state index contributed by atoms with van der Waals surface area (Å²) in [5, 5.41) is 36.0. The van der Waals surface area contributed by atoms with Crippen molar-refractivity contribution in [2.45, 2.75) is 0 Å². The van der Waals surface area contributed by atoms with E-state index in [9.17, 15) is 19.2 Å². The molecule has 0 aliphatic heterocycles. The van der Waals surface area contributed by atoms with Crippen molar-refractivity contribution >= 4 is 123 Å². The normalized spacial score (nSPS) is 9.12. The first-order valence-corrected chi connectivity index (χ1v) is 5.77. The zero-order valence-corrected chi connectivity index (χ0v) is 10.7. The SMILES string of the molecule is O=C(O)c1cc(C(=O)O)c2cc(C(=O)O)cc(C(=O)O)c2c1.[NaH].[NaH].[NaH]. The third-order valence-corrected chi connectivity index (χ3v) is 3.02. The third-order valence-electron chi connectivity index (χ3n) is 3.02. The number of carboxylic acid groups (broad SMARTS) is 4. The molecule has 8 nitrogen and oxygen atoms in total. The molecule has 2 aromatic rings. The number of benzene rings is 2. The summed E-state index contributed by atoms with van der Waals surface area (Å²) in [6, 6.07) is 3.70. The molecule has 0 atom stereocenters. The summed E-state index contributed by atoms with van der Waals surface area (Å²) < 4.78 is 0. The van der Waals surface area contributed by atoms with Gasteiger partial charge in [-0.25, -0.2) is 19.2 Å². The van der Waals surface area contributed by atoms with Gasteiger partial charge in [-0.15, -0.1) is 0 Å². The molecule has 0 unspecified atom stereocenters. The molecule has 0 radical (unpaired) electrons. The summed E-state index contributed by atoms with van der Waals surface area (Å²) in [5.41, 5.74) is -1.79. The molecule has 0 aliphatic rings. The van der Waals surface area contributed by atoms with Crippen LogP contribution in [0.25, 0.3) is 10.8 Å². The number of aromatic carboxylic acids is 4. The van der Waals surface area contributed by atoms with Crippen molar-refractivity contribution in [1.29, 1.82) is 0 Å². The number of hydrogen-bond donors (Lipinski definition) is 4. The van der Waals surface area contributed by atoms with Crippen LogP contribution in [-0.4, -0.2) is 133 Å². The second-order valence-electron chi connectivity index (χ2n) is 4.36. The maximum absolute atomic E-state index is 11.3. The standard InChI is InChI=1S/C14H8O8.3Na.3H/c15-11(16)5-1-7-8(10(3-5)14(21)22)2-6(12(17)18)4-9(7)13(19)20;;;;;;/h1-4H,(H,15,16)(H,17,18)(H,19,20)(H,21,22);;;;;;. The van der Waals surface area contributed by atoms with Gasteiger partial charge in [-0.3, -0.25) is 0 Å². The summed E-state index contributed by atoms with van der Waals surface area (Å²) in [5.74, 6) is -5.84. The predicted molar refractivity (Wildman–Crippen MR) is 93.2 cm³/mol. The zero-order valence-electron chi connectivity index (χ0n) is 10.7. The second-order valence-corrected chi connectivity index (χ2v) is 4.36. The molecule has 0 bridgehead atoms. The molecule has 0 amide bonds. The number of fused-ring (bicyclic) bond motifs is 1. The van der Waals surface area contributed by atoms with Crippen LogP contribution in [0.5, 0.6) is 0 Å². The van der Waals surface area contributed by atoms with Gasteiger partial charge in [0.25, 0.3) is 0 Å². The number of hydrogen-bond acceptors (Lipinski definition) is 4. The van der Waals surface area contributed by atoms with Crippen molar-refractivity contribution in [1.82, 2.24) is 0 Å². The van der Waals surface area contributed by atoms with Crippen molar-refractivity contribution in [3.8, 4) is 0 Å². The van der Waals surface area contributed by atoms with Gasteiger partial charge in [0, 0.05) is 0 Å². The van der Waals surface area contributed by atoms with Gasteiger partial charge in [0.1, 0.15) is 0 Å². The van der Waals surface area contributed by atoms with Crippen molar-refractivity contribution in [3.63, 3.8) is 0 Å². The minimum absolute atomic E-state index is 0. The van der Waals surface area contributed by atoms with Gasteiger partial charge in [0.2, 0.25) is 0 Å². The fraction of sp³-hybridized carbons (Fsp3) is 0. The van der Waals surface area contributed by atoms with Crippen LogP contribution in [0.2, 0.25) is 0 Å². The average Bonchev–Trinajstić information content (AvgIpc) is 2.44. The molecule has 0 heterocycles. The first kappa shape index (κ1) is 26.8. The summed E-state index contributed by atoms with van der Waals surface area (Å²) in [4.78, 5) is 44.6. The van der Waals surface area contributed by atoms with Gasteiger partial charge >= 0.3 is 113 Å². The molecule has 4 N–H and O–H groups in total. The Morgan fingerprint density at radius 2 is 0.800 bits per heavy atom. The number of rotatable bonds is 4. The van der Waals surface area contributed by atoms with Gasteiger partial charge in [-0.2, -0.15) is 0 Å². The van der Waals surface area contributed by atoms with Crippen molar-refractivity contribution < 1.29 is 39.6 Å². The Kier molecular flexibility index (Phi) is 11.4. The molecule has 0 aromatic heterocycles. The quantitative estimate of drug-likeness (QED) is 0.531. The van der Waals surface area contributed by atoms with Crippen molar-refractivity contribution in [2.24, 2.45) is 0 Å². The van der Waals surface area contributed by atoms with Gasteiger partial charge in [0.05, 0.1) is 22.3 Å². The predicted octanol–water partition coefficient (Wildman–Crippen LogP) is -0.313. The first-order valence-electron chi connectivity index (χ1n) is 5.77. The van der Waals surface area contributed by atoms with E-state index in [0.717, 1.165) is 24.3 Å². The molecule has 2 rings (SSSR count). The Hall–Kier alpha value is -0.420. The topological polar surface area (TPSA) is 149 Å². The van der Waals surface area contributed by atoms with Crippen molar-refractivity contribution in [2.75, 3.05) is 0 Å². The molecule has 0 spiro atoms. The van der Waals surface area contributed by atoms with E-state index in [1.165, 1.54) is 0 Å². The number of carboxylic acids is 4. The first-order chi connectivity index (χ1) is 10.2. The van der Waals surface area contributed by atoms with E-state index in [4.69, 9.17) is 20.4 Å². The van der Waals surface area contributed by atoms with Crippen LogP contribution < -0.4 is 0 Å². The van der Waals surface area contributed by atoms with E-state index in [-0.39, 0.29) is 99.4 Å². The summed E-state index contributed by atoms with van der Waals surface area (Å²) >= 11 is 0. The Morgan fingerprint density at radius 3 is 1.00 bits per heavy atom. The molecule has 0 fully saturated rings. The Morgan fingerprint density at radius 1 is 0.520 bits per heavy atom. The van der Waals surface area contributed by atoms with Crippen LogP contribution in [-0.2, 0) is 0 Å². The number of carbonyl (C=O) groups is 4. The minimum atomic E-state index is -1.49. The van der Waals surface area contributed by atoms with E-state index >= 15 is 0 Å². The van der Waals surface area contributed by atoms with Gasteiger partial charge in [-0.1, -0.05) is 0 Å². The van der Waals surface area contributed by atoms with E-state index in [1.807, 2.05) is 0 Å². The van der Waals surface area contributed by atoms with Crippen LogP contribution in [0.15, 0.2) is 24.3 Å². The molecular formula is C14H11Na3O8. The molecular weight excluding hydrogens is 365 g/mol. The molecule has 11 heteroatoms. The molecule has 25 heavy (non-hydrogen) atoms. The summed E-state index contributed by atoms with van der Waals surface area (Å²) in [6.45, 7) is 0. The van der Waals surface area contributed by atoms with Crippen molar-refractivity contribution in [3.05, 3.63) is 46.5 Å². The van der Waals surface area contributed by atoms with Gasteiger partial charge in [0.15, 0.2) is 0 Å². The Labute approximate surface area is 207 Å². The fourth-order valence-corrected chi connectivity index (χ4v) is 2.06. The van der Waals surface area contributed by atoms with E-state index < -0.39 is 46.1 Å². The molecule has 2 aromatic carbocycles. The van der Waals surface area contributed by atoms with Crippen LogP contribution in [0.1, 0.15) is 41.4 Å². The molecule has 0 saturated carbocycles. The fourth-order valence-electron chi connectivity index (χ4n) is 2.06. The van der Waals surface area contributed by atoms with E-state index in [0.29, 0.717) is 0 Å². The van der Waals surface area contributed by atoms with Crippen LogP contribution >= 0.6 is 0 Å². The van der Waals surface area contributed by atoms with Crippen LogP contribution in [0.4, 0.5) is 0 Å². The van der Waals surface area contributed by atoms with Crippen LogP contribution in [0, 0.1) is 0 Å². The van der Waals surface area contributed by atoms with Gasteiger partial charge in [-0.05, 0) is 35.0 Å². The molecule has 0 saturated heterocycles. The zero-order chi connectivity index (χ0) is 16.6. The van der Waals surface area contributed by atoms with E-state index in [1.54, 1.807) is 0 Å². The Bertz CT molecular complexity index is 792. The maximum atomic E-state index is 11.3. The van der Waals surface area contributed by atoms with Gasteiger partial charge < -0.3 is 20.4 Å². The van der Waals surface area contributed by atoms with Crippen LogP contribution in [0.3, 0.4) is 0 Å².